The summed E-state index contributed by atoms with van der Waals surface area (Å²) in [7, 11) is 0. The Hall–Kier alpha value is -2.75. The van der Waals surface area contributed by atoms with E-state index in [2.05, 4.69) is 47.8 Å². The minimum Gasteiger partial charge on any atom is -0.486 e. The molecule has 2 bridgehead atoms. The van der Waals surface area contributed by atoms with Gasteiger partial charge in [-0.05, 0) is 60.8 Å². The first-order valence-corrected chi connectivity index (χ1v) is 10.7. The molecular weight excluding hydrogens is 362 g/mol. The van der Waals surface area contributed by atoms with Crippen molar-refractivity contribution in [3.05, 3.63) is 71.8 Å². The van der Waals surface area contributed by atoms with Gasteiger partial charge in [0.2, 0.25) is 5.91 Å². The predicted octanol–water partition coefficient (Wildman–Crippen LogP) is 4.46. The molecule has 4 nitrogen and oxygen atoms in total. The van der Waals surface area contributed by atoms with E-state index in [1.807, 2.05) is 18.2 Å². The van der Waals surface area contributed by atoms with Crippen molar-refractivity contribution in [2.75, 3.05) is 13.2 Å². The summed E-state index contributed by atoms with van der Waals surface area (Å²) in [6, 6.07) is 16.5. The van der Waals surface area contributed by atoms with E-state index < -0.39 is 0 Å². The summed E-state index contributed by atoms with van der Waals surface area (Å²) in [6.45, 7) is 1.15. The Labute approximate surface area is 171 Å². The topological polar surface area (TPSA) is 47.6 Å². The Kier molecular flexibility index (Phi) is 5.01. The lowest BCUT2D eigenvalue weighted by Crippen LogP contribution is -2.36. The SMILES string of the molecule is O=C(N[C@H](CCc1ccccc1)c1ccc2c(c1)OCCO2)[C@@H]1C[C@@H]2C=C[C@H]1C2. The Morgan fingerprint density at radius 3 is 2.59 bits per heavy atom. The van der Waals surface area contributed by atoms with Gasteiger partial charge in [-0.2, -0.15) is 0 Å². The lowest BCUT2D eigenvalue weighted by Gasteiger charge is -2.26. The first-order chi connectivity index (χ1) is 14.3. The maximum atomic E-state index is 13.1. The molecule has 1 amide bonds. The number of hydrogen-bond acceptors (Lipinski definition) is 3. The molecule has 1 aliphatic heterocycles. The lowest BCUT2D eigenvalue weighted by atomic mass is 9.91. The monoisotopic (exact) mass is 389 g/mol. The van der Waals surface area contributed by atoms with Crippen LogP contribution in [0.3, 0.4) is 0 Å². The standard InChI is InChI=1S/C25H27NO3/c27-25(21-15-18-6-8-19(21)14-18)26-22(10-7-17-4-2-1-3-5-17)20-9-11-23-24(16-20)29-13-12-28-23/h1-6,8-9,11,16,18-19,21-22H,7,10,12-15H2,(H,26,27)/t18-,19+,21-,22-/m1/s1. The smallest absolute Gasteiger partial charge is 0.224 e. The maximum Gasteiger partial charge on any atom is 0.224 e. The molecule has 29 heavy (non-hydrogen) atoms. The molecule has 0 unspecified atom stereocenters. The highest BCUT2D eigenvalue weighted by Crippen LogP contribution is 2.44. The Bertz CT molecular complexity index is 908. The number of carbonyl (C=O) groups is 1. The summed E-state index contributed by atoms with van der Waals surface area (Å²) in [5.74, 6) is 2.86. The number of carbonyl (C=O) groups excluding carboxylic acids is 1. The van der Waals surface area contributed by atoms with Gasteiger partial charge in [0.25, 0.3) is 0 Å². The van der Waals surface area contributed by atoms with E-state index in [0.717, 1.165) is 42.7 Å². The second kappa shape index (κ2) is 7.94. The third-order valence-corrected chi connectivity index (χ3v) is 6.47. The molecule has 2 aromatic rings. The first-order valence-electron chi connectivity index (χ1n) is 10.7. The van der Waals surface area contributed by atoms with Crippen LogP contribution in [0, 0.1) is 17.8 Å². The average molecular weight is 389 g/mol. The van der Waals surface area contributed by atoms with Crippen molar-refractivity contribution in [1.29, 1.82) is 0 Å². The number of fused-ring (bicyclic) bond motifs is 3. The molecule has 4 heteroatoms. The summed E-state index contributed by atoms with van der Waals surface area (Å²) in [6.07, 6.45) is 8.41. The molecule has 150 valence electrons. The zero-order chi connectivity index (χ0) is 19.6. The summed E-state index contributed by atoms with van der Waals surface area (Å²) >= 11 is 0. The zero-order valence-electron chi connectivity index (χ0n) is 16.6. The summed E-state index contributed by atoms with van der Waals surface area (Å²) in [5, 5.41) is 3.37. The Morgan fingerprint density at radius 2 is 1.83 bits per heavy atom. The van der Waals surface area contributed by atoms with E-state index in [0.29, 0.717) is 25.0 Å². The van der Waals surface area contributed by atoms with Crippen LogP contribution in [0.1, 0.15) is 36.4 Å². The highest BCUT2D eigenvalue weighted by molar-refractivity contribution is 5.80. The van der Waals surface area contributed by atoms with Crippen molar-refractivity contribution >= 4 is 5.91 Å². The van der Waals surface area contributed by atoms with Crippen molar-refractivity contribution in [1.82, 2.24) is 5.32 Å². The van der Waals surface area contributed by atoms with E-state index in [9.17, 15) is 4.79 Å². The van der Waals surface area contributed by atoms with Crippen molar-refractivity contribution in [3.63, 3.8) is 0 Å². The molecule has 1 heterocycles. The van der Waals surface area contributed by atoms with Crippen LogP contribution < -0.4 is 14.8 Å². The predicted molar refractivity (Wildman–Crippen MR) is 112 cm³/mol. The van der Waals surface area contributed by atoms with Gasteiger partial charge in [0.1, 0.15) is 13.2 Å². The second-order valence-electron chi connectivity index (χ2n) is 8.38. The molecule has 0 spiro atoms. The van der Waals surface area contributed by atoms with E-state index in [-0.39, 0.29) is 17.9 Å². The molecule has 0 saturated heterocycles. The minimum atomic E-state index is -0.0401. The molecule has 1 saturated carbocycles. The fourth-order valence-corrected chi connectivity index (χ4v) is 4.92. The fourth-order valence-electron chi connectivity index (χ4n) is 4.92. The van der Waals surface area contributed by atoms with Gasteiger partial charge in [0, 0.05) is 5.92 Å². The van der Waals surface area contributed by atoms with Gasteiger partial charge in [-0.3, -0.25) is 4.79 Å². The molecule has 2 aromatic carbocycles. The van der Waals surface area contributed by atoms with Crippen LogP contribution in [0.2, 0.25) is 0 Å². The van der Waals surface area contributed by atoms with Crippen LogP contribution >= 0.6 is 0 Å². The van der Waals surface area contributed by atoms with Gasteiger partial charge in [-0.25, -0.2) is 0 Å². The van der Waals surface area contributed by atoms with E-state index in [1.54, 1.807) is 0 Å². The second-order valence-corrected chi connectivity index (χ2v) is 8.38. The number of benzene rings is 2. The van der Waals surface area contributed by atoms with Crippen molar-refractivity contribution in [3.8, 4) is 11.5 Å². The van der Waals surface area contributed by atoms with Crippen molar-refractivity contribution in [2.45, 2.75) is 31.7 Å². The molecule has 1 fully saturated rings. The average Bonchev–Trinajstić information content (AvgIpc) is 3.41. The lowest BCUT2D eigenvalue weighted by molar-refractivity contribution is -0.126. The quantitative estimate of drug-likeness (QED) is 0.742. The van der Waals surface area contributed by atoms with Crippen LogP contribution in [-0.4, -0.2) is 19.1 Å². The number of amides is 1. The van der Waals surface area contributed by atoms with Gasteiger partial charge in [-0.15, -0.1) is 0 Å². The molecule has 2 aliphatic carbocycles. The van der Waals surface area contributed by atoms with Gasteiger partial charge in [-0.1, -0.05) is 48.6 Å². The number of hydrogen-bond donors (Lipinski definition) is 1. The van der Waals surface area contributed by atoms with Gasteiger partial charge in [0.15, 0.2) is 11.5 Å². The van der Waals surface area contributed by atoms with Crippen molar-refractivity contribution in [2.24, 2.45) is 17.8 Å². The van der Waals surface area contributed by atoms with Crippen LogP contribution in [0.25, 0.3) is 0 Å². The van der Waals surface area contributed by atoms with Gasteiger partial charge in [0.05, 0.1) is 6.04 Å². The number of ether oxygens (including phenoxy) is 2. The molecular formula is C25H27NO3. The summed E-state index contributed by atoms with van der Waals surface area (Å²) in [5.41, 5.74) is 2.37. The highest BCUT2D eigenvalue weighted by atomic mass is 16.6. The number of allylic oxidation sites excluding steroid dienone is 2. The molecule has 4 atom stereocenters. The summed E-state index contributed by atoms with van der Waals surface area (Å²) in [4.78, 5) is 13.1. The van der Waals surface area contributed by atoms with Crippen molar-refractivity contribution < 1.29 is 14.3 Å². The largest absolute Gasteiger partial charge is 0.486 e. The number of nitrogens with one attached hydrogen (secondary N) is 1. The molecule has 0 aromatic heterocycles. The van der Waals surface area contributed by atoms with Crippen LogP contribution in [0.15, 0.2) is 60.7 Å². The van der Waals surface area contributed by atoms with E-state index in [1.165, 1.54) is 5.56 Å². The molecule has 5 rings (SSSR count). The number of rotatable bonds is 6. The van der Waals surface area contributed by atoms with Crippen LogP contribution in [-0.2, 0) is 11.2 Å². The maximum absolute atomic E-state index is 13.1. The molecule has 3 aliphatic rings. The van der Waals surface area contributed by atoms with E-state index in [4.69, 9.17) is 9.47 Å². The third kappa shape index (κ3) is 3.89. The zero-order valence-corrected chi connectivity index (χ0v) is 16.6. The Morgan fingerprint density at radius 1 is 1.00 bits per heavy atom. The fraction of sp³-hybridized carbons (Fsp3) is 0.400. The van der Waals surface area contributed by atoms with Gasteiger partial charge >= 0.3 is 0 Å². The highest BCUT2D eigenvalue weighted by Gasteiger charge is 2.40. The van der Waals surface area contributed by atoms with Crippen LogP contribution in [0.5, 0.6) is 11.5 Å². The minimum absolute atomic E-state index is 0.0401. The Balaban J connectivity index is 1.35. The number of aryl methyl sites for hydroxylation is 1. The first kappa shape index (κ1) is 18.3. The molecule has 1 N–H and O–H groups in total. The molecule has 0 radical (unpaired) electrons. The van der Waals surface area contributed by atoms with E-state index >= 15 is 0 Å². The van der Waals surface area contributed by atoms with Crippen LogP contribution in [0.4, 0.5) is 0 Å². The summed E-state index contributed by atoms with van der Waals surface area (Å²) < 4.78 is 11.4. The normalized spacial score (nSPS) is 25.0. The van der Waals surface area contributed by atoms with Gasteiger partial charge < -0.3 is 14.8 Å². The third-order valence-electron chi connectivity index (χ3n) is 6.47.